The first-order valence-corrected chi connectivity index (χ1v) is 7.94. The van der Waals surface area contributed by atoms with Crippen LogP contribution in [0, 0.1) is 5.92 Å². The molecule has 1 fully saturated rings. The SMILES string of the molecule is O=C(CCN1C(=O)c2ccccc2C1=O)N[C@@H]1CC[C@H](C(=O)O)C1. The molecule has 2 aliphatic rings. The van der Waals surface area contributed by atoms with Crippen LogP contribution in [0.15, 0.2) is 24.3 Å². The van der Waals surface area contributed by atoms with E-state index >= 15 is 0 Å². The summed E-state index contributed by atoms with van der Waals surface area (Å²) in [5.74, 6) is -2.28. The first-order chi connectivity index (χ1) is 11.5. The van der Waals surface area contributed by atoms with Gasteiger partial charge >= 0.3 is 5.97 Å². The molecule has 0 bridgehead atoms. The molecule has 1 aromatic rings. The summed E-state index contributed by atoms with van der Waals surface area (Å²) in [6, 6.07) is 6.43. The minimum atomic E-state index is -0.835. The molecule has 7 heteroatoms. The quantitative estimate of drug-likeness (QED) is 0.785. The Labute approximate surface area is 138 Å². The zero-order valence-corrected chi connectivity index (χ0v) is 13.0. The first kappa shape index (κ1) is 16.2. The number of aliphatic carboxylic acids is 1. The summed E-state index contributed by atoms with van der Waals surface area (Å²) in [6.45, 7) is 0.0211. The highest BCUT2D eigenvalue weighted by Crippen LogP contribution is 2.26. The van der Waals surface area contributed by atoms with Crippen LogP contribution < -0.4 is 5.32 Å². The minimum Gasteiger partial charge on any atom is -0.481 e. The number of benzene rings is 1. The normalized spacial score (nSPS) is 22.6. The van der Waals surface area contributed by atoms with Gasteiger partial charge in [-0.05, 0) is 31.4 Å². The average Bonchev–Trinajstić information content (AvgIpc) is 3.11. The molecule has 7 nitrogen and oxygen atoms in total. The Balaban J connectivity index is 1.52. The Morgan fingerprint density at radius 1 is 1.12 bits per heavy atom. The Hall–Kier alpha value is -2.70. The Kier molecular flexibility index (Phi) is 4.33. The smallest absolute Gasteiger partial charge is 0.306 e. The third-order valence-electron chi connectivity index (χ3n) is 4.59. The molecule has 0 saturated heterocycles. The monoisotopic (exact) mass is 330 g/mol. The summed E-state index contributed by atoms with van der Waals surface area (Å²) in [4.78, 5) is 48.4. The number of carboxylic acid groups (broad SMARTS) is 1. The van der Waals surface area contributed by atoms with Gasteiger partial charge in [-0.1, -0.05) is 12.1 Å². The van der Waals surface area contributed by atoms with Gasteiger partial charge in [-0.2, -0.15) is 0 Å². The van der Waals surface area contributed by atoms with Crippen LogP contribution >= 0.6 is 0 Å². The van der Waals surface area contributed by atoms with E-state index in [0.29, 0.717) is 30.4 Å². The number of fused-ring (bicyclic) bond motifs is 1. The molecule has 0 radical (unpaired) electrons. The fourth-order valence-corrected chi connectivity index (χ4v) is 3.29. The van der Waals surface area contributed by atoms with Gasteiger partial charge in [0, 0.05) is 19.0 Å². The van der Waals surface area contributed by atoms with Gasteiger partial charge in [0.2, 0.25) is 5.91 Å². The molecule has 1 aliphatic carbocycles. The molecule has 24 heavy (non-hydrogen) atoms. The van der Waals surface area contributed by atoms with Crippen molar-refractivity contribution in [2.24, 2.45) is 5.92 Å². The average molecular weight is 330 g/mol. The zero-order chi connectivity index (χ0) is 17.3. The van der Waals surface area contributed by atoms with Crippen molar-refractivity contribution in [3.63, 3.8) is 0 Å². The Morgan fingerprint density at radius 3 is 2.29 bits per heavy atom. The van der Waals surface area contributed by atoms with Crippen molar-refractivity contribution in [3.05, 3.63) is 35.4 Å². The second-order valence-electron chi connectivity index (χ2n) is 6.17. The lowest BCUT2D eigenvalue weighted by molar-refractivity contribution is -0.141. The number of hydrogen-bond acceptors (Lipinski definition) is 4. The topological polar surface area (TPSA) is 104 Å². The Bertz CT molecular complexity index is 680. The molecule has 3 rings (SSSR count). The lowest BCUT2D eigenvalue weighted by Crippen LogP contribution is -2.37. The Morgan fingerprint density at radius 2 is 1.75 bits per heavy atom. The van der Waals surface area contributed by atoms with E-state index in [0.717, 1.165) is 4.90 Å². The number of carbonyl (C=O) groups is 4. The number of rotatable bonds is 5. The van der Waals surface area contributed by atoms with Crippen molar-refractivity contribution >= 4 is 23.7 Å². The molecular weight excluding hydrogens is 312 g/mol. The van der Waals surface area contributed by atoms with Gasteiger partial charge in [0.05, 0.1) is 17.0 Å². The van der Waals surface area contributed by atoms with Crippen molar-refractivity contribution in [1.29, 1.82) is 0 Å². The molecule has 126 valence electrons. The lowest BCUT2D eigenvalue weighted by Gasteiger charge is -2.16. The maximum Gasteiger partial charge on any atom is 0.306 e. The summed E-state index contributed by atoms with van der Waals surface area (Å²) < 4.78 is 0. The molecular formula is C17H18N2O5. The van der Waals surface area contributed by atoms with Gasteiger partial charge in [-0.3, -0.25) is 24.1 Å². The number of nitrogens with one attached hydrogen (secondary N) is 1. The van der Waals surface area contributed by atoms with E-state index in [1.165, 1.54) is 0 Å². The predicted octanol–water partition coefficient (Wildman–Crippen LogP) is 1.04. The van der Waals surface area contributed by atoms with Crippen LogP contribution in [0.5, 0.6) is 0 Å². The minimum absolute atomic E-state index is 0.0136. The highest BCUT2D eigenvalue weighted by molar-refractivity contribution is 6.21. The van der Waals surface area contributed by atoms with Crippen LogP contribution in [-0.2, 0) is 9.59 Å². The number of carboxylic acids is 1. The molecule has 2 N–H and O–H groups in total. The van der Waals surface area contributed by atoms with E-state index in [9.17, 15) is 19.2 Å². The van der Waals surface area contributed by atoms with E-state index in [2.05, 4.69) is 5.32 Å². The second kappa shape index (κ2) is 6.43. The van der Waals surface area contributed by atoms with Crippen LogP contribution in [0.3, 0.4) is 0 Å². The van der Waals surface area contributed by atoms with Gasteiger partial charge < -0.3 is 10.4 Å². The summed E-state index contributed by atoms with van der Waals surface area (Å²) in [6.07, 6.45) is 1.63. The van der Waals surface area contributed by atoms with Crippen LogP contribution in [0.2, 0.25) is 0 Å². The molecule has 1 heterocycles. The zero-order valence-electron chi connectivity index (χ0n) is 13.0. The van der Waals surface area contributed by atoms with E-state index in [-0.39, 0.29) is 36.7 Å². The standard InChI is InChI=1S/C17H18N2O5/c20-14(18-11-6-5-10(9-11)17(23)24)7-8-19-15(21)12-3-1-2-4-13(12)16(19)22/h1-4,10-11H,5-9H2,(H,18,20)(H,23,24)/t10-,11+/m0/s1. The summed E-state index contributed by atoms with van der Waals surface area (Å²) in [5, 5.41) is 11.7. The number of hydrogen-bond donors (Lipinski definition) is 2. The van der Waals surface area contributed by atoms with E-state index < -0.39 is 11.9 Å². The van der Waals surface area contributed by atoms with Crippen molar-refractivity contribution in [2.75, 3.05) is 6.54 Å². The highest BCUT2D eigenvalue weighted by Gasteiger charge is 2.35. The molecule has 2 atom stereocenters. The van der Waals surface area contributed by atoms with Crippen LogP contribution in [-0.4, -0.2) is 46.3 Å². The number of nitrogens with zero attached hydrogens (tertiary/aromatic N) is 1. The first-order valence-electron chi connectivity index (χ1n) is 7.94. The predicted molar refractivity (Wildman–Crippen MR) is 83.3 cm³/mol. The summed E-state index contributed by atoms with van der Waals surface area (Å²) >= 11 is 0. The third-order valence-corrected chi connectivity index (χ3v) is 4.59. The van der Waals surface area contributed by atoms with Crippen molar-refractivity contribution in [1.82, 2.24) is 10.2 Å². The molecule has 0 aromatic heterocycles. The fraction of sp³-hybridized carbons (Fsp3) is 0.412. The van der Waals surface area contributed by atoms with Crippen LogP contribution in [0.25, 0.3) is 0 Å². The van der Waals surface area contributed by atoms with E-state index in [1.807, 2.05) is 0 Å². The van der Waals surface area contributed by atoms with Crippen molar-refractivity contribution in [3.8, 4) is 0 Å². The van der Waals surface area contributed by atoms with E-state index in [1.54, 1.807) is 24.3 Å². The van der Waals surface area contributed by atoms with Gasteiger partial charge in [-0.15, -0.1) is 0 Å². The van der Waals surface area contributed by atoms with E-state index in [4.69, 9.17) is 5.11 Å². The summed E-state index contributed by atoms with van der Waals surface area (Å²) in [5.41, 5.74) is 0.728. The number of imide groups is 1. The molecule has 1 saturated carbocycles. The molecule has 3 amide bonds. The van der Waals surface area contributed by atoms with Crippen LogP contribution in [0.1, 0.15) is 46.4 Å². The molecule has 0 unspecified atom stereocenters. The van der Waals surface area contributed by atoms with Gasteiger partial charge in [0.1, 0.15) is 0 Å². The van der Waals surface area contributed by atoms with Crippen molar-refractivity contribution < 1.29 is 24.3 Å². The second-order valence-corrected chi connectivity index (χ2v) is 6.17. The maximum atomic E-state index is 12.2. The van der Waals surface area contributed by atoms with Crippen molar-refractivity contribution in [2.45, 2.75) is 31.7 Å². The van der Waals surface area contributed by atoms with Gasteiger partial charge in [0.25, 0.3) is 11.8 Å². The molecule has 1 aromatic carbocycles. The van der Waals surface area contributed by atoms with Gasteiger partial charge in [0.15, 0.2) is 0 Å². The number of carbonyl (C=O) groups excluding carboxylic acids is 3. The maximum absolute atomic E-state index is 12.2. The fourth-order valence-electron chi connectivity index (χ4n) is 3.29. The summed E-state index contributed by atoms with van der Waals surface area (Å²) in [7, 11) is 0. The van der Waals surface area contributed by atoms with Gasteiger partial charge in [-0.25, -0.2) is 0 Å². The lowest BCUT2D eigenvalue weighted by atomic mass is 10.1. The third kappa shape index (κ3) is 3.02. The highest BCUT2D eigenvalue weighted by atomic mass is 16.4. The largest absolute Gasteiger partial charge is 0.481 e. The molecule has 0 spiro atoms. The number of amides is 3. The van der Waals surface area contributed by atoms with Crippen LogP contribution in [0.4, 0.5) is 0 Å². The molecule has 1 aliphatic heterocycles.